The molecule has 5 nitrogen and oxygen atoms in total. The van der Waals surface area contributed by atoms with Crippen LogP contribution in [-0.2, 0) is 6.42 Å². The molecule has 0 radical (unpaired) electrons. The summed E-state index contributed by atoms with van der Waals surface area (Å²) in [6, 6.07) is 1.92. The number of hydrogen-bond donors (Lipinski definition) is 2. The lowest BCUT2D eigenvalue weighted by Crippen LogP contribution is -2.24. The van der Waals surface area contributed by atoms with E-state index in [-0.39, 0.29) is 0 Å². The summed E-state index contributed by atoms with van der Waals surface area (Å²) in [5.74, 6) is 1.30. The first-order valence-corrected chi connectivity index (χ1v) is 5.88. The Bertz CT molecular complexity index is 357. The SMILES string of the molecule is CCc1cc(N(CC)CC)ncc1OB(O)O. The van der Waals surface area contributed by atoms with E-state index in [0.717, 1.165) is 30.9 Å². The molecular formula is C11H19BN2O3. The second-order valence-electron chi connectivity index (χ2n) is 3.62. The lowest BCUT2D eigenvalue weighted by Gasteiger charge is -2.21. The Labute approximate surface area is 102 Å². The summed E-state index contributed by atoms with van der Waals surface area (Å²) in [6.07, 6.45) is 2.28. The van der Waals surface area contributed by atoms with E-state index in [2.05, 4.69) is 23.7 Å². The van der Waals surface area contributed by atoms with Gasteiger partial charge in [0, 0.05) is 13.1 Å². The van der Waals surface area contributed by atoms with Crippen molar-refractivity contribution in [3.8, 4) is 5.75 Å². The molecule has 1 aromatic heterocycles. The zero-order valence-electron chi connectivity index (χ0n) is 10.6. The van der Waals surface area contributed by atoms with E-state index in [9.17, 15) is 0 Å². The predicted octanol–water partition coefficient (Wildman–Crippen LogP) is 0.838. The maximum absolute atomic E-state index is 8.79. The van der Waals surface area contributed by atoms with Crippen LogP contribution in [-0.4, -0.2) is 35.4 Å². The molecule has 1 heterocycles. The van der Waals surface area contributed by atoms with Crippen molar-refractivity contribution in [1.29, 1.82) is 0 Å². The smallest absolute Gasteiger partial charge is 0.510 e. The zero-order chi connectivity index (χ0) is 12.8. The van der Waals surface area contributed by atoms with Crippen LogP contribution in [0.3, 0.4) is 0 Å². The number of aromatic nitrogens is 1. The summed E-state index contributed by atoms with van der Waals surface area (Å²) >= 11 is 0. The van der Waals surface area contributed by atoms with Crippen LogP contribution in [0.4, 0.5) is 5.82 Å². The molecule has 0 aliphatic carbocycles. The predicted molar refractivity (Wildman–Crippen MR) is 68.0 cm³/mol. The van der Waals surface area contributed by atoms with Gasteiger partial charge in [-0.15, -0.1) is 0 Å². The van der Waals surface area contributed by atoms with Crippen LogP contribution in [0.5, 0.6) is 5.75 Å². The van der Waals surface area contributed by atoms with E-state index >= 15 is 0 Å². The molecule has 6 heteroatoms. The van der Waals surface area contributed by atoms with Gasteiger partial charge < -0.3 is 19.6 Å². The van der Waals surface area contributed by atoms with Crippen molar-refractivity contribution >= 4 is 13.1 Å². The third-order valence-electron chi connectivity index (χ3n) is 2.63. The van der Waals surface area contributed by atoms with Gasteiger partial charge in [0.2, 0.25) is 0 Å². The van der Waals surface area contributed by atoms with Crippen molar-refractivity contribution in [1.82, 2.24) is 4.98 Å². The Kier molecular flexibility index (Phi) is 5.25. The first-order valence-electron chi connectivity index (χ1n) is 5.88. The molecule has 0 fully saturated rings. The topological polar surface area (TPSA) is 65.8 Å². The average Bonchev–Trinajstić information content (AvgIpc) is 2.31. The molecule has 1 rings (SSSR count). The average molecular weight is 238 g/mol. The Morgan fingerprint density at radius 1 is 1.29 bits per heavy atom. The van der Waals surface area contributed by atoms with Gasteiger partial charge in [0.1, 0.15) is 11.6 Å². The summed E-state index contributed by atoms with van der Waals surface area (Å²) in [4.78, 5) is 6.38. The Morgan fingerprint density at radius 3 is 2.41 bits per heavy atom. The number of nitrogens with zero attached hydrogens (tertiary/aromatic N) is 2. The minimum atomic E-state index is -1.80. The molecule has 0 spiro atoms. The minimum Gasteiger partial charge on any atom is -0.510 e. The third-order valence-corrected chi connectivity index (χ3v) is 2.63. The molecule has 0 aromatic carbocycles. The van der Waals surface area contributed by atoms with Gasteiger partial charge in [-0.3, -0.25) is 0 Å². The first-order chi connectivity index (χ1) is 8.12. The first kappa shape index (κ1) is 13.8. The number of anilines is 1. The third kappa shape index (κ3) is 3.61. The second-order valence-corrected chi connectivity index (χ2v) is 3.62. The van der Waals surface area contributed by atoms with Gasteiger partial charge in [-0.05, 0) is 31.9 Å². The van der Waals surface area contributed by atoms with Crippen LogP contribution in [0.1, 0.15) is 26.3 Å². The maximum atomic E-state index is 8.79. The van der Waals surface area contributed by atoms with Crippen molar-refractivity contribution < 1.29 is 14.7 Å². The van der Waals surface area contributed by atoms with Crippen molar-refractivity contribution in [2.45, 2.75) is 27.2 Å². The molecular weight excluding hydrogens is 219 g/mol. The second kappa shape index (κ2) is 6.47. The van der Waals surface area contributed by atoms with Crippen LogP contribution in [0.15, 0.2) is 12.3 Å². The Morgan fingerprint density at radius 2 is 1.94 bits per heavy atom. The van der Waals surface area contributed by atoms with Gasteiger partial charge in [0.25, 0.3) is 0 Å². The molecule has 0 aliphatic rings. The minimum absolute atomic E-state index is 0.415. The molecule has 0 saturated carbocycles. The van der Waals surface area contributed by atoms with Crippen molar-refractivity contribution in [3.05, 3.63) is 17.8 Å². The number of hydrogen-bond acceptors (Lipinski definition) is 5. The van der Waals surface area contributed by atoms with Crippen LogP contribution >= 0.6 is 0 Å². The van der Waals surface area contributed by atoms with Crippen molar-refractivity contribution in [2.24, 2.45) is 0 Å². The van der Waals surface area contributed by atoms with E-state index in [1.165, 1.54) is 6.20 Å². The molecule has 0 bridgehead atoms. The zero-order valence-corrected chi connectivity index (χ0v) is 10.6. The highest BCUT2D eigenvalue weighted by atomic mass is 16.6. The Hall–Kier alpha value is -1.27. The van der Waals surface area contributed by atoms with Gasteiger partial charge >= 0.3 is 7.32 Å². The van der Waals surface area contributed by atoms with Gasteiger partial charge in [0.05, 0.1) is 6.20 Å². The van der Waals surface area contributed by atoms with E-state index < -0.39 is 7.32 Å². The van der Waals surface area contributed by atoms with Crippen LogP contribution < -0.4 is 9.55 Å². The van der Waals surface area contributed by atoms with E-state index in [0.29, 0.717) is 5.75 Å². The standard InChI is InChI=1S/C11H19BN2O3/c1-4-9-7-11(14(5-2)6-3)13-8-10(9)17-12(15)16/h7-8,15-16H,4-6H2,1-3H3. The fraction of sp³-hybridized carbons (Fsp3) is 0.545. The molecule has 0 saturated heterocycles. The van der Waals surface area contributed by atoms with Crippen LogP contribution in [0, 0.1) is 0 Å². The Balaban J connectivity index is 2.99. The normalized spacial score (nSPS) is 10.2. The number of rotatable bonds is 6. The monoisotopic (exact) mass is 238 g/mol. The van der Waals surface area contributed by atoms with Crippen LogP contribution in [0.2, 0.25) is 0 Å². The van der Waals surface area contributed by atoms with Crippen molar-refractivity contribution in [2.75, 3.05) is 18.0 Å². The van der Waals surface area contributed by atoms with E-state index in [1.54, 1.807) is 0 Å². The highest BCUT2D eigenvalue weighted by molar-refractivity contribution is 6.33. The summed E-state index contributed by atoms with van der Waals surface area (Å²) in [5.41, 5.74) is 0.912. The summed E-state index contributed by atoms with van der Waals surface area (Å²) in [6.45, 7) is 7.89. The quantitative estimate of drug-likeness (QED) is 0.719. The van der Waals surface area contributed by atoms with Gasteiger partial charge in [-0.2, -0.15) is 0 Å². The number of pyridine rings is 1. The molecule has 0 amide bonds. The van der Waals surface area contributed by atoms with E-state index in [1.807, 2.05) is 13.0 Å². The van der Waals surface area contributed by atoms with Crippen molar-refractivity contribution in [3.63, 3.8) is 0 Å². The molecule has 17 heavy (non-hydrogen) atoms. The lowest BCUT2D eigenvalue weighted by atomic mass is 10.1. The lowest BCUT2D eigenvalue weighted by molar-refractivity contribution is 0.286. The summed E-state index contributed by atoms with van der Waals surface area (Å²) in [5, 5.41) is 17.6. The largest absolute Gasteiger partial charge is 0.707 e. The molecule has 0 aliphatic heterocycles. The highest BCUT2D eigenvalue weighted by Crippen LogP contribution is 2.23. The number of aryl methyl sites for hydroxylation is 1. The molecule has 2 N–H and O–H groups in total. The highest BCUT2D eigenvalue weighted by Gasteiger charge is 2.15. The molecule has 94 valence electrons. The molecule has 1 aromatic rings. The van der Waals surface area contributed by atoms with Gasteiger partial charge in [0.15, 0.2) is 0 Å². The fourth-order valence-electron chi connectivity index (χ4n) is 1.69. The maximum Gasteiger partial charge on any atom is 0.707 e. The van der Waals surface area contributed by atoms with E-state index in [4.69, 9.17) is 14.7 Å². The fourth-order valence-corrected chi connectivity index (χ4v) is 1.69. The van der Waals surface area contributed by atoms with Crippen LogP contribution in [0.25, 0.3) is 0 Å². The van der Waals surface area contributed by atoms with Gasteiger partial charge in [-0.25, -0.2) is 4.98 Å². The molecule has 0 atom stereocenters. The summed E-state index contributed by atoms with van der Waals surface area (Å²) in [7, 11) is -1.80. The summed E-state index contributed by atoms with van der Waals surface area (Å²) < 4.78 is 4.87. The van der Waals surface area contributed by atoms with Gasteiger partial charge in [-0.1, -0.05) is 6.92 Å². The molecule has 0 unspecified atom stereocenters.